The van der Waals surface area contributed by atoms with E-state index in [2.05, 4.69) is 16.4 Å². The Balaban J connectivity index is 1.46. The van der Waals surface area contributed by atoms with Crippen molar-refractivity contribution in [1.29, 1.82) is 5.26 Å². The van der Waals surface area contributed by atoms with Gasteiger partial charge >= 0.3 is 0 Å². The van der Waals surface area contributed by atoms with E-state index in [1.54, 1.807) is 36.4 Å². The molecule has 0 unspecified atom stereocenters. The van der Waals surface area contributed by atoms with E-state index in [1.807, 2.05) is 18.2 Å². The lowest BCUT2D eigenvalue weighted by molar-refractivity contribution is 0.0863. The molecule has 2 aromatic carbocycles. The smallest absolute Gasteiger partial charge is 0.270 e. The molecule has 29 heavy (non-hydrogen) atoms. The van der Waals surface area contributed by atoms with Crippen LogP contribution in [0.15, 0.2) is 54.6 Å². The van der Waals surface area contributed by atoms with Gasteiger partial charge < -0.3 is 15.2 Å². The summed E-state index contributed by atoms with van der Waals surface area (Å²) in [7, 11) is 0. The maximum Gasteiger partial charge on any atom is 0.270 e. The van der Waals surface area contributed by atoms with Crippen molar-refractivity contribution >= 4 is 16.8 Å². The molecule has 1 heterocycles. The topological polar surface area (TPSA) is 95.2 Å². The third kappa shape index (κ3) is 4.53. The number of aromatic nitrogens is 1. The summed E-state index contributed by atoms with van der Waals surface area (Å²) in [5.41, 5.74) is 1.67. The van der Waals surface area contributed by atoms with Crippen molar-refractivity contribution in [2.24, 2.45) is 0 Å². The maximum atomic E-state index is 12.5. The second kappa shape index (κ2) is 8.29. The van der Waals surface area contributed by atoms with Gasteiger partial charge in [-0.3, -0.25) is 4.79 Å². The minimum atomic E-state index is -0.248. The lowest BCUT2D eigenvalue weighted by atomic mass is 9.93. The number of aliphatic hydroxyl groups is 1. The number of ether oxygens (including phenoxy) is 1. The van der Waals surface area contributed by atoms with Crippen molar-refractivity contribution in [3.8, 4) is 17.6 Å². The molecule has 3 aromatic rings. The Bertz CT molecular complexity index is 1060. The summed E-state index contributed by atoms with van der Waals surface area (Å²) in [6.07, 6.45) is 2.77. The molecule has 1 amide bonds. The number of carbonyl (C=O) groups excluding carboxylic acids is 1. The molecule has 0 atom stereocenters. The fourth-order valence-electron chi connectivity index (χ4n) is 3.51. The number of aliphatic hydroxyl groups excluding tert-OH is 1. The number of fused-ring (bicyclic) bond motifs is 1. The zero-order valence-corrected chi connectivity index (χ0v) is 15.8. The molecule has 146 valence electrons. The molecule has 0 spiro atoms. The van der Waals surface area contributed by atoms with Gasteiger partial charge in [-0.2, -0.15) is 5.26 Å². The van der Waals surface area contributed by atoms with Gasteiger partial charge in [-0.1, -0.05) is 6.07 Å². The van der Waals surface area contributed by atoms with Gasteiger partial charge in [0.05, 0.1) is 23.3 Å². The highest BCUT2D eigenvalue weighted by molar-refractivity contribution is 5.95. The van der Waals surface area contributed by atoms with Crippen LogP contribution in [-0.2, 0) is 0 Å². The molecule has 2 N–H and O–H groups in total. The van der Waals surface area contributed by atoms with Crippen LogP contribution in [0.5, 0.6) is 11.5 Å². The summed E-state index contributed by atoms with van der Waals surface area (Å²) in [5.74, 6) is 1.11. The first-order chi connectivity index (χ1) is 14.1. The Morgan fingerprint density at radius 2 is 1.76 bits per heavy atom. The molecular weight excluding hydrogens is 366 g/mol. The number of rotatable bonds is 4. The van der Waals surface area contributed by atoms with Crippen LogP contribution in [0, 0.1) is 11.3 Å². The van der Waals surface area contributed by atoms with Gasteiger partial charge in [0.1, 0.15) is 17.2 Å². The lowest BCUT2D eigenvalue weighted by Crippen LogP contribution is -2.38. The van der Waals surface area contributed by atoms with E-state index in [-0.39, 0.29) is 18.1 Å². The van der Waals surface area contributed by atoms with E-state index in [9.17, 15) is 9.90 Å². The third-order valence-electron chi connectivity index (χ3n) is 5.14. The summed E-state index contributed by atoms with van der Waals surface area (Å²) in [4.78, 5) is 17.0. The van der Waals surface area contributed by atoms with E-state index >= 15 is 0 Å². The predicted molar refractivity (Wildman–Crippen MR) is 109 cm³/mol. The summed E-state index contributed by atoms with van der Waals surface area (Å²) in [6, 6.07) is 18.1. The fraction of sp³-hybridized carbons (Fsp3) is 0.261. The van der Waals surface area contributed by atoms with Crippen molar-refractivity contribution in [3.63, 3.8) is 0 Å². The number of amides is 1. The minimum Gasteiger partial charge on any atom is -0.457 e. The van der Waals surface area contributed by atoms with E-state index in [1.165, 1.54) is 0 Å². The number of nitrogens with one attached hydrogen (secondary N) is 1. The number of carbonyl (C=O) groups is 1. The molecule has 1 aromatic heterocycles. The monoisotopic (exact) mass is 387 g/mol. The van der Waals surface area contributed by atoms with Crippen LogP contribution in [0.1, 0.15) is 41.7 Å². The van der Waals surface area contributed by atoms with Crippen LogP contribution in [0.2, 0.25) is 0 Å². The molecule has 0 bridgehead atoms. The third-order valence-corrected chi connectivity index (χ3v) is 5.14. The van der Waals surface area contributed by atoms with Gasteiger partial charge in [0.25, 0.3) is 5.91 Å². The number of pyridine rings is 1. The van der Waals surface area contributed by atoms with E-state index in [4.69, 9.17) is 10.00 Å². The van der Waals surface area contributed by atoms with Crippen LogP contribution in [-0.4, -0.2) is 28.1 Å². The number of benzene rings is 2. The molecule has 6 heteroatoms. The normalized spacial score (nSPS) is 18.8. The lowest BCUT2D eigenvalue weighted by Gasteiger charge is -2.26. The average molecular weight is 387 g/mol. The number of hydrogen-bond acceptors (Lipinski definition) is 5. The fourth-order valence-corrected chi connectivity index (χ4v) is 3.51. The molecule has 1 aliphatic carbocycles. The number of hydrogen-bond donors (Lipinski definition) is 2. The molecule has 1 aliphatic rings. The minimum absolute atomic E-state index is 0.0894. The first kappa shape index (κ1) is 18.9. The quantitative estimate of drug-likeness (QED) is 0.707. The highest BCUT2D eigenvalue weighted by Gasteiger charge is 2.21. The van der Waals surface area contributed by atoms with E-state index < -0.39 is 0 Å². The van der Waals surface area contributed by atoms with Gasteiger partial charge in [0.15, 0.2) is 0 Å². The van der Waals surface area contributed by atoms with Gasteiger partial charge in [-0.25, -0.2) is 4.98 Å². The Morgan fingerprint density at radius 1 is 1.03 bits per heavy atom. The molecule has 4 rings (SSSR count). The second-order valence-corrected chi connectivity index (χ2v) is 7.27. The standard InChI is InChI=1S/C23H21N3O3/c24-14-15-1-8-19(9-2-15)29-20-10-12-21-16(13-20)3-11-22(26-21)23(28)25-17-4-6-18(27)7-5-17/h1-3,8-13,17-18,27H,4-7H2,(H,25,28). The van der Waals surface area contributed by atoms with E-state index in [0.29, 0.717) is 28.3 Å². The van der Waals surface area contributed by atoms with Crippen LogP contribution in [0.3, 0.4) is 0 Å². The van der Waals surface area contributed by atoms with Gasteiger partial charge in [-0.15, -0.1) is 0 Å². The highest BCUT2D eigenvalue weighted by atomic mass is 16.5. The molecule has 1 saturated carbocycles. The first-order valence-electron chi connectivity index (χ1n) is 9.68. The Morgan fingerprint density at radius 3 is 2.48 bits per heavy atom. The first-order valence-corrected chi connectivity index (χ1v) is 9.68. The van der Waals surface area contributed by atoms with Crippen LogP contribution in [0.25, 0.3) is 10.9 Å². The van der Waals surface area contributed by atoms with Crippen molar-refractivity contribution in [3.05, 3.63) is 65.9 Å². The average Bonchev–Trinajstić information content (AvgIpc) is 2.75. The predicted octanol–water partition coefficient (Wildman–Crippen LogP) is 3.93. The van der Waals surface area contributed by atoms with Crippen LogP contribution < -0.4 is 10.1 Å². The molecule has 0 radical (unpaired) electrons. The summed E-state index contributed by atoms with van der Waals surface area (Å²) < 4.78 is 5.84. The highest BCUT2D eigenvalue weighted by Crippen LogP contribution is 2.26. The Labute approximate surface area is 168 Å². The van der Waals surface area contributed by atoms with Crippen molar-refractivity contribution < 1.29 is 14.6 Å². The Kier molecular flexibility index (Phi) is 5.41. The maximum absolute atomic E-state index is 12.5. The summed E-state index contributed by atoms with van der Waals surface area (Å²) in [6.45, 7) is 0. The zero-order chi connectivity index (χ0) is 20.2. The van der Waals surface area contributed by atoms with Crippen LogP contribution in [0.4, 0.5) is 0 Å². The summed E-state index contributed by atoms with van der Waals surface area (Å²) >= 11 is 0. The van der Waals surface area contributed by atoms with Gasteiger partial charge in [0, 0.05) is 11.4 Å². The van der Waals surface area contributed by atoms with Gasteiger partial charge in [-0.05, 0) is 74.2 Å². The molecule has 0 saturated heterocycles. The Hall–Kier alpha value is -3.43. The summed E-state index contributed by atoms with van der Waals surface area (Å²) in [5, 5.41) is 22.3. The molecule has 0 aliphatic heterocycles. The second-order valence-electron chi connectivity index (χ2n) is 7.27. The SMILES string of the molecule is N#Cc1ccc(Oc2ccc3nc(C(=O)NC4CCC(O)CC4)ccc3c2)cc1. The zero-order valence-electron chi connectivity index (χ0n) is 15.8. The van der Waals surface area contributed by atoms with E-state index in [0.717, 1.165) is 31.1 Å². The largest absolute Gasteiger partial charge is 0.457 e. The molecule has 6 nitrogen and oxygen atoms in total. The van der Waals surface area contributed by atoms with Crippen molar-refractivity contribution in [1.82, 2.24) is 10.3 Å². The van der Waals surface area contributed by atoms with Crippen molar-refractivity contribution in [2.75, 3.05) is 0 Å². The molecule has 1 fully saturated rings. The van der Waals surface area contributed by atoms with Crippen molar-refractivity contribution in [2.45, 2.75) is 37.8 Å². The van der Waals surface area contributed by atoms with Gasteiger partial charge in [0.2, 0.25) is 0 Å². The van der Waals surface area contributed by atoms with Crippen LogP contribution >= 0.6 is 0 Å². The molecular formula is C23H21N3O3. The number of nitrogens with zero attached hydrogens (tertiary/aromatic N) is 2. The number of nitriles is 1.